The molecule has 1 fully saturated rings. The van der Waals surface area contributed by atoms with Gasteiger partial charge in [0.15, 0.2) is 0 Å². The van der Waals surface area contributed by atoms with Gasteiger partial charge in [-0.3, -0.25) is 0 Å². The fraction of sp³-hybridized carbons (Fsp3) is 0.500. The molecule has 1 aliphatic heterocycles. The molecule has 2 unspecified atom stereocenters. The minimum absolute atomic E-state index is 0.131. The minimum atomic E-state index is -2.37. The maximum Gasteiger partial charge on any atom is 0.263 e. The molecule has 1 aromatic rings. The molecule has 1 N–H and O–H groups in total. The highest BCUT2D eigenvalue weighted by Gasteiger charge is 2.24. The highest BCUT2D eigenvalue weighted by molar-refractivity contribution is 5.29. The van der Waals surface area contributed by atoms with Crippen LogP contribution in [-0.4, -0.2) is 12.6 Å². The summed E-state index contributed by atoms with van der Waals surface area (Å²) < 4.78 is 25.0. The number of nitrogens with one attached hydrogen (secondary N) is 1. The van der Waals surface area contributed by atoms with Gasteiger partial charge in [-0.25, -0.2) is 8.78 Å². The first-order valence-corrected chi connectivity index (χ1v) is 5.30. The van der Waals surface area contributed by atoms with Crippen LogP contribution in [0.3, 0.4) is 0 Å². The average molecular weight is 211 g/mol. The number of rotatable bonds is 2. The Kier molecular flexibility index (Phi) is 3.00. The molecule has 2 atom stereocenters. The second kappa shape index (κ2) is 4.27. The van der Waals surface area contributed by atoms with Gasteiger partial charge in [-0.05, 0) is 31.5 Å². The van der Waals surface area contributed by atoms with Crippen molar-refractivity contribution in [3.05, 3.63) is 35.4 Å². The zero-order valence-electron chi connectivity index (χ0n) is 8.71. The van der Waals surface area contributed by atoms with E-state index in [1.54, 1.807) is 12.1 Å². The molecule has 0 aromatic heterocycles. The van der Waals surface area contributed by atoms with E-state index in [1.165, 1.54) is 6.07 Å². The van der Waals surface area contributed by atoms with Crippen LogP contribution in [0, 0.1) is 0 Å². The first kappa shape index (κ1) is 10.6. The van der Waals surface area contributed by atoms with Crippen molar-refractivity contribution < 1.29 is 8.78 Å². The Hall–Kier alpha value is -0.960. The van der Waals surface area contributed by atoms with Crippen LogP contribution >= 0.6 is 0 Å². The molecule has 0 saturated carbocycles. The molecule has 0 aliphatic carbocycles. The van der Waals surface area contributed by atoms with Crippen molar-refractivity contribution in [2.24, 2.45) is 0 Å². The number of hydrogen-bond acceptors (Lipinski definition) is 1. The Morgan fingerprint density at radius 3 is 2.80 bits per heavy atom. The van der Waals surface area contributed by atoms with Gasteiger partial charge in [0, 0.05) is 17.5 Å². The van der Waals surface area contributed by atoms with E-state index in [0.717, 1.165) is 18.5 Å². The molecule has 0 bridgehead atoms. The summed E-state index contributed by atoms with van der Waals surface area (Å²) in [6, 6.07) is 7.18. The third kappa shape index (κ3) is 2.17. The smallest absolute Gasteiger partial charge is 0.263 e. The topological polar surface area (TPSA) is 12.0 Å². The van der Waals surface area contributed by atoms with Crippen molar-refractivity contribution in [1.29, 1.82) is 0 Å². The van der Waals surface area contributed by atoms with Crippen LogP contribution in [0.15, 0.2) is 24.3 Å². The van der Waals surface area contributed by atoms with E-state index in [-0.39, 0.29) is 5.56 Å². The van der Waals surface area contributed by atoms with Crippen LogP contribution in [0.2, 0.25) is 0 Å². The van der Waals surface area contributed by atoms with E-state index in [2.05, 4.69) is 12.2 Å². The lowest BCUT2D eigenvalue weighted by atomic mass is 9.92. The van der Waals surface area contributed by atoms with Crippen molar-refractivity contribution in [3.63, 3.8) is 0 Å². The van der Waals surface area contributed by atoms with E-state index in [1.807, 2.05) is 6.07 Å². The van der Waals surface area contributed by atoms with Crippen LogP contribution in [-0.2, 0) is 0 Å². The summed E-state index contributed by atoms with van der Waals surface area (Å²) in [5.41, 5.74) is 1.16. The monoisotopic (exact) mass is 211 g/mol. The minimum Gasteiger partial charge on any atom is -0.314 e. The third-order valence-electron chi connectivity index (χ3n) is 3.12. The summed E-state index contributed by atoms with van der Waals surface area (Å²) >= 11 is 0. The van der Waals surface area contributed by atoms with Gasteiger partial charge in [-0.15, -0.1) is 0 Å². The normalized spacial score (nSPS) is 26.1. The molecular weight excluding hydrogens is 196 g/mol. The fourth-order valence-corrected chi connectivity index (χ4v) is 2.24. The van der Waals surface area contributed by atoms with Crippen LogP contribution in [0.25, 0.3) is 0 Å². The summed E-state index contributed by atoms with van der Waals surface area (Å²) in [5.74, 6) is 0.378. The molecule has 0 spiro atoms. The van der Waals surface area contributed by atoms with Gasteiger partial charge in [-0.1, -0.05) is 18.2 Å². The van der Waals surface area contributed by atoms with Crippen LogP contribution in [0.1, 0.15) is 36.8 Å². The molecule has 1 saturated heterocycles. The van der Waals surface area contributed by atoms with E-state index in [4.69, 9.17) is 0 Å². The SMILES string of the molecule is CC1NCCC1c1cccc(C(F)F)c1. The molecule has 82 valence electrons. The zero-order chi connectivity index (χ0) is 10.8. The Morgan fingerprint density at radius 2 is 2.20 bits per heavy atom. The first-order chi connectivity index (χ1) is 7.18. The lowest BCUT2D eigenvalue weighted by Crippen LogP contribution is -2.21. The standard InChI is InChI=1S/C12H15F2N/c1-8-11(5-6-15-8)9-3-2-4-10(7-9)12(13)14/h2-4,7-8,11-12,15H,5-6H2,1H3. The molecule has 1 aliphatic rings. The summed E-state index contributed by atoms with van der Waals surface area (Å²) in [6.07, 6.45) is -1.33. The highest BCUT2D eigenvalue weighted by Crippen LogP contribution is 2.30. The molecule has 2 rings (SSSR count). The van der Waals surface area contributed by atoms with Gasteiger partial charge < -0.3 is 5.32 Å². The fourth-order valence-electron chi connectivity index (χ4n) is 2.24. The van der Waals surface area contributed by atoms with Crippen molar-refractivity contribution in [3.8, 4) is 0 Å². The molecule has 1 heterocycles. The van der Waals surface area contributed by atoms with Crippen LogP contribution in [0.5, 0.6) is 0 Å². The number of halogens is 2. The van der Waals surface area contributed by atoms with E-state index >= 15 is 0 Å². The van der Waals surface area contributed by atoms with E-state index in [9.17, 15) is 8.78 Å². The molecule has 1 nitrogen and oxygen atoms in total. The second-order valence-corrected chi connectivity index (χ2v) is 4.11. The summed E-state index contributed by atoms with van der Waals surface area (Å²) in [4.78, 5) is 0. The Bertz CT molecular complexity index is 338. The zero-order valence-corrected chi connectivity index (χ0v) is 8.71. The van der Waals surface area contributed by atoms with Crippen LogP contribution in [0.4, 0.5) is 8.78 Å². The predicted octanol–water partition coefficient (Wildman–Crippen LogP) is 3.09. The molecule has 0 radical (unpaired) electrons. The lowest BCUT2D eigenvalue weighted by molar-refractivity contribution is 0.151. The summed E-state index contributed by atoms with van der Waals surface area (Å²) in [6.45, 7) is 3.08. The summed E-state index contributed by atoms with van der Waals surface area (Å²) in [5, 5.41) is 3.33. The molecule has 1 aromatic carbocycles. The Labute approximate surface area is 88.5 Å². The maximum atomic E-state index is 12.5. The highest BCUT2D eigenvalue weighted by atomic mass is 19.3. The van der Waals surface area contributed by atoms with Gasteiger partial charge in [0.1, 0.15) is 0 Å². The van der Waals surface area contributed by atoms with Gasteiger partial charge in [0.2, 0.25) is 0 Å². The van der Waals surface area contributed by atoms with Gasteiger partial charge in [0.05, 0.1) is 0 Å². The van der Waals surface area contributed by atoms with E-state index < -0.39 is 6.43 Å². The van der Waals surface area contributed by atoms with Crippen molar-refractivity contribution in [2.75, 3.05) is 6.54 Å². The Balaban J connectivity index is 2.24. The quantitative estimate of drug-likeness (QED) is 0.792. The van der Waals surface area contributed by atoms with Gasteiger partial charge >= 0.3 is 0 Å². The first-order valence-electron chi connectivity index (χ1n) is 5.30. The Morgan fingerprint density at radius 1 is 1.40 bits per heavy atom. The number of benzene rings is 1. The molecule has 15 heavy (non-hydrogen) atoms. The van der Waals surface area contributed by atoms with E-state index in [0.29, 0.717) is 12.0 Å². The molecule has 3 heteroatoms. The molecule has 0 amide bonds. The molecular formula is C12H15F2N. The second-order valence-electron chi connectivity index (χ2n) is 4.11. The predicted molar refractivity (Wildman–Crippen MR) is 56.2 cm³/mol. The number of hydrogen-bond donors (Lipinski definition) is 1. The lowest BCUT2D eigenvalue weighted by Gasteiger charge is -2.16. The average Bonchev–Trinajstić information content (AvgIpc) is 2.64. The number of alkyl halides is 2. The van der Waals surface area contributed by atoms with Crippen molar-refractivity contribution >= 4 is 0 Å². The van der Waals surface area contributed by atoms with Gasteiger partial charge in [-0.2, -0.15) is 0 Å². The van der Waals surface area contributed by atoms with Gasteiger partial charge in [0.25, 0.3) is 6.43 Å². The summed E-state index contributed by atoms with van der Waals surface area (Å²) in [7, 11) is 0. The van der Waals surface area contributed by atoms with Crippen molar-refractivity contribution in [1.82, 2.24) is 5.32 Å². The van der Waals surface area contributed by atoms with Crippen LogP contribution < -0.4 is 5.32 Å². The third-order valence-corrected chi connectivity index (χ3v) is 3.12. The largest absolute Gasteiger partial charge is 0.314 e. The maximum absolute atomic E-state index is 12.5. The van der Waals surface area contributed by atoms with Crippen molar-refractivity contribution in [2.45, 2.75) is 31.7 Å².